The van der Waals surface area contributed by atoms with E-state index in [1.54, 1.807) is 22.2 Å². The Morgan fingerprint density at radius 1 is 1.12 bits per heavy atom. The van der Waals surface area contributed by atoms with Crippen LogP contribution in [0.1, 0.15) is 17.0 Å². The second kappa shape index (κ2) is 7.20. The minimum Gasteiger partial charge on any atom is -0.329 e. The molecule has 5 heteroatoms. The van der Waals surface area contributed by atoms with Crippen molar-refractivity contribution in [1.29, 1.82) is 0 Å². The molecule has 1 unspecified atom stereocenters. The molecule has 0 aliphatic carbocycles. The number of aromatic nitrogens is 2. The summed E-state index contributed by atoms with van der Waals surface area (Å²) >= 11 is 1.75. The van der Waals surface area contributed by atoms with Crippen LogP contribution in [0.5, 0.6) is 0 Å². The molecule has 0 fully saturated rings. The quantitative estimate of drug-likeness (QED) is 0.722. The van der Waals surface area contributed by atoms with Crippen molar-refractivity contribution in [3.05, 3.63) is 75.8 Å². The van der Waals surface area contributed by atoms with Gasteiger partial charge in [0.1, 0.15) is 24.4 Å². The molecule has 0 radical (unpaired) electrons. The van der Waals surface area contributed by atoms with Gasteiger partial charge in [0.25, 0.3) is 5.56 Å². The Hall–Kier alpha value is -2.11. The van der Waals surface area contributed by atoms with Gasteiger partial charge in [-0.25, -0.2) is 4.98 Å². The van der Waals surface area contributed by atoms with Gasteiger partial charge in [-0.3, -0.25) is 9.20 Å². The number of fused-ring (bicyclic) bond motifs is 1. The van der Waals surface area contributed by atoms with Crippen molar-refractivity contribution in [3.63, 3.8) is 0 Å². The van der Waals surface area contributed by atoms with Crippen molar-refractivity contribution in [2.24, 2.45) is 0 Å². The van der Waals surface area contributed by atoms with E-state index >= 15 is 0 Å². The Kier molecular flexibility index (Phi) is 5.02. The number of aryl methyl sites for hydroxylation is 1. The third-order valence-corrected chi connectivity index (χ3v) is 4.82. The SMILES string of the molecule is CSc1ccc(C[NH+](C)Cc2cc(=O)n3c(C)cccc3n2)cc1. The van der Waals surface area contributed by atoms with E-state index in [1.165, 1.54) is 15.4 Å². The first-order chi connectivity index (χ1) is 11.6. The lowest BCUT2D eigenvalue weighted by Crippen LogP contribution is -3.06. The van der Waals surface area contributed by atoms with E-state index in [-0.39, 0.29) is 5.56 Å². The molecule has 24 heavy (non-hydrogen) atoms. The van der Waals surface area contributed by atoms with Gasteiger partial charge in [-0.2, -0.15) is 0 Å². The summed E-state index contributed by atoms with van der Waals surface area (Å²) in [5.74, 6) is 0. The fourth-order valence-corrected chi connectivity index (χ4v) is 3.33. The van der Waals surface area contributed by atoms with Crippen LogP contribution in [0.25, 0.3) is 5.65 Å². The normalized spacial score (nSPS) is 12.5. The third kappa shape index (κ3) is 3.68. The number of nitrogens with one attached hydrogen (secondary N) is 1. The summed E-state index contributed by atoms with van der Waals surface area (Å²) in [5.41, 5.74) is 3.74. The van der Waals surface area contributed by atoms with Crippen LogP contribution >= 0.6 is 11.8 Å². The van der Waals surface area contributed by atoms with Crippen molar-refractivity contribution >= 4 is 17.4 Å². The van der Waals surface area contributed by atoms with Gasteiger partial charge in [0.2, 0.25) is 0 Å². The van der Waals surface area contributed by atoms with Crippen LogP contribution in [-0.2, 0) is 13.1 Å². The van der Waals surface area contributed by atoms with Gasteiger partial charge >= 0.3 is 0 Å². The van der Waals surface area contributed by atoms with Crippen LogP contribution in [0.4, 0.5) is 0 Å². The Labute approximate surface area is 146 Å². The number of benzene rings is 1. The number of hydrogen-bond acceptors (Lipinski definition) is 3. The summed E-state index contributed by atoms with van der Waals surface area (Å²) in [6.45, 7) is 3.55. The monoisotopic (exact) mass is 340 g/mol. The zero-order chi connectivity index (χ0) is 17.1. The van der Waals surface area contributed by atoms with Gasteiger partial charge in [0.15, 0.2) is 0 Å². The molecule has 0 bridgehead atoms. The van der Waals surface area contributed by atoms with Crippen LogP contribution in [0.3, 0.4) is 0 Å². The maximum Gasteiger partial charge on any atom is 0.258 e. The molecule has 0 aliphatic heterocycles. The lowest BCUT2D eigenvalue weighted by atomic mass is 10.2. The molecular weight excluding hydrogens is 318 g/mol. The molecule has 4 nitrogen and oxygen atoms in total. The molecule has 0 saturated carbocycles. The lowest BCUT2D eigenvalue weighted by molar-refractivity contribution is -0.908. The predicted octanol–water partition coefficient (Wildman–Crippen LogP) is 1.94. The Morgan fingerprint density at radius 3 is 2.58 bits per heavy atom. The highest BCUT2D eigenvalue weighted by Gasteiger charge is 2.10. The van der Waals surface area contributed by atoms with Gasteiger partial charge in [-0.05, 0) is 37.4 Å². The molecule has 2 aromatic heterocycles. The highest BCUT2D eigenvalue weighted by Crippen LogP contribution is 2.14. The van der Waals surface area contributed by atoms with Crippen molar-refractivity contribution in [2.75, 3.05) is 13.3 Å². The molecule has 124 valence electrons. The van der Waals surface area contributed by atoms with E-state index in [9.17, 15) is 4.79 Å². The molecule has 3 aromatic rings. The van der Waals surface area contributed by atoms with Crippen molar-refractivity contribution in [3.8, 4) is 0 Å². The fourth-order valence-electron chi connectivity index (χ4n) is 2.92. The first-order valence-electron chi connectivity index (χ1n) is 7.99. The molecular formula is C19H22N3OS+. The second-order valence-electron chi connectivity index (χ2n) is 6.11. The lowest BCUT2D eigenvalue weighted by Gasteiger charge is -2.14. The number of thioether (sulfide) groups is 1. The average Bonchev–Trinajstić information content (AvgIpc) is 2.55. The van der Waals surface area contributed by atoms with E-state index in [4.69, 9.17) is 0 Å². The molecule has 0 saturated heterocycles. The molecule has 1 aromatic carbocycles. The van der Waals surface area contributed by atoms with Crippen molar-refractivity contribution in [1.82, 2.24) is 9.38 Å². The van der Waals surface area contributed by atoms with Gasteiger partial charge in [0.05, 0.1) is 7.05 Å². The standard InChI is InChI=1S/C19H21N3OS/c1-14-5-4-6-18-20-16(11-19(23)22(14)18)13-21(2)12-15-7-9-17(24-3)10-8-15/h4-11H,12-13H2,1-3H3/p+1. The Bertz CT molecular complexity index is 903. The third-order valence-electron chi connectivity index (χ3n) is 4.08. The summed E-state index contributed by atoms with van der Waals surface area (Å²) in [7, 11) is 2.13. The van der Waals surface area contributed by atoms with E-state index in [2.05, 4.69) is 42.6 Å². The number of pyridine rings is 1. The van der Waals surface area contributed by atoms with E-state index in [0.717, 1.165) is 30.1 Å². The van der Waals surface area contributed by atoms with Crippen molar-refractivity contribution in [2.45, 2.75) is 24.9 Å². The van der Waals surface area contributed by atoms with Gasteiger partial charge in [-0.1, -0.05) is 18.2 Å². The zero-order valence-corrected chi connectivity index (χ0v) is 15.1. The number of rotatable bonds is 5. The maximum atomic E-state index is 12.3. The van der Waals surface area contributed by atoms with Crippen LogP contribution in [0.2, 0.25) is 0 Å². The van der Waals surface area contributed by atoms with E-state index in [1.807, 2.05) is 25.1 Å². The second-order valence-corrected chi connectivity index (χ2v) is 6.98. The summed E-state index contributed by atoms with van der Waals surface area (Å²) in [6.07, 6.45) is 2.08. The molecule has 0 amide bonds. The summed E-state index contributed by atoms with van der Waals surface area (Å²) in [5, 5.41) is 0. The predicted molar refractivity (Wildman–Crippen MR) is 98.7 cm³/mol. The van der Waals surface area contributed by atoms with Gasteiger partial charge in [-0.15, -0.1) is 11.8 Å². The Morgan fingerprint density at radius 2 is 1.88 bits per heavy atom. The zero-order valence-electron chi connectivity index (χ0n) is 14.2. The van der Waals surface area contributed by atoms with E-state index in [0.29, 0.717) is 0 Å². The van der Waals surface area contributed by atoms with E-state index < -0.39 is 0 Å². The molecule has 0 spiro atoms. The first-order valence-corrected chi connectivity index (χ1v) is 9.22. The first kappa shape index (κ1) is 16.7. The molecule has 3 rings (SSSR count). The molecule has 2 heterocycles. The minimum absolute atomic E-state index is 0.00905. The van der Waals surface area contributed by atoms with Crippen LogP contribution in [-0.4, -0.2) is 22.7 Å². The summed E-state index contributed by atoms with van der Waals surface area (Å²) < 4.78 is 1.65. The van der Waals surface area contributed by atoms with Crippen LogP contribution < -0.4 is 10.5 Å². The van der Waals surface area contributed by atoms with Gasteiger partial charge in [0, 0.05) is 22.2 Å². The largest absolute Gasteiger partial charge is 0.329 e. The Balaban J connectivity index is 1.77. The number of hydrogen-bond donors (Lipinski definition) is 1. The highest BCUT2D eigenvalue weighted by atomic mass is 32.2. The molecule has 0 aliphatic rings. The number of nitrogens with zero attached hydrogens (tertiary/aromatic N) is 2. The van der Waals surface area contributed by atoms with Crippen LogP contribution in [0.15, 0.2) is 58.2 Å². The highest BCUT2D eigenvalue weighted by molar-refractivity contribution is 7.98. The van der Waals surface area contributed by atoms with Gasteiger partial charge < -0.3 is 4.90 Å². The average molecular weight is 340 g/mol. The summed E-state index contributed by atoms with van der Waals surface area (Å²) in [4.78, 5) is 19.6. The number of quaternary nitrogens is 1. The smallest absolute Gasteiger partial charge is 0.258 e. The molecule has 1 atom stereocenters. The molecule has 1 N–H and O–H groups in total. The topological polar surface area (TPSA) is 38.8 Å². The van der Waals surface area contributed by atoms with Crippen molar-refractivity contribution < 1.29 is 4.90 Å². The fraction of sp³-hybridized carbons (Fsp3) is 0.263. The minimum atomic E-state index is -0.00905. The maximum absolute atomic E-state index is 12.3. The van der Waals surface area contributed by atoms with Crippen LogP contribution in [0, 0.1) is 6.92 Å². The summed E-state index contributed by atoms with van der Waals surface area (Å²) in [6, 6.07) is 16.0.